The Morgan fingerprint density at radius 3 is 2.41 bits per heavy atom. The van der Waals surface area contributed by atoms with E-state index in [1.807, 2.05) is 43.5 Å². The topological polar surface area (TPSA) is 94.5 Å². The number of carbonyl (C=O) groups excluding carboxylic acids is 3. The second-order valence-electron chi connectivity index (χ2n) is 7.98. The normalized spacial score (nSPS) is 15.1. The number of aromatic nitrogens is 1. The highest BCUT2D eigenvalue weighted by Gasteiger charge is 2.34. The summed E-state index contributed by atoms with van der Waals surface area (Å²) in [6, 6.07) is 15.7. The number of benzene rings is 2. The fourth-order valence-corrected chi connectivity index (χ4v) is 4.31. The smallest absolute Gasteiger partial charge is 0.270 e. The van der Waals surface area contributed by atoms with E-state index in [1.54, 1.807) is 24.3 Å². The lowest BCUT2D eigenvalue weighted by Gasteiger charge is -2.29. The number of anilines is 1. The maximum atomic E-state index is 13.3. The molecule has 0 atom stereocenters. The van der Waals surface area contributed by atoms with Crippen molar-refractivity contribution < 1.29 is 19.5 Å². The molecule has 0 bridgehead atoms. The van der Waals surface area contributed by atoms with Crippen LogP contribution in [0.4, 0.5) is 5.69 Å². The third kappa shape index (κ3) is 4.15. The fraction of sp³-hybridized carbons (Fsp3) is 0.154. The summed E-state index contributed by atoms with van der Waals surface area (Å²) in [4.78, 5) is 38.6. The minimum absolute atomic E-state index is 0.0287. The van der Waals surface area contributed by atoms with Gasteiger partial charge in [-0.1, -0.05) is 31.2 Å². The lowest BCUT2D eigenvalue weighted by atomic mass is 10.1. The highest BCUT2D eigenvalue weighted by atomic mass is 32.1. The number of nitrogens with one attached hydrogen (secondary N) is 1. The standard InChI is InChI=1S/C26H23N3O4S/c1-4-17-8-10-20(11-9-17)29-24(31)22(23(30)27-26(29)34)14-19-12-15(2)28(16(19)3)21-7-5-6-18(13-21)25(32)33/h5-14H,4H2,1-3H3,(H,32,33)(H,27,30,34)/p-1/b22-14+. The Hall–Kier alpha value is -4.04. The van der Waals surface area contributed by atoms with Gasteiger partial charge in [0.15, 0.2) is 5.11 Å². The first kappa shape index (κ1) is 23.1. The number of aryl methyl sites for hydroxylation is 2. The molecule has 1 aliphatic rings. The van der Waals surface area contributed by atoms with Crippen LogP contribution >= 0.6 is 12.2 Å². The van der Waals surface area contributed by atoms with Gasteiger partial charge >= 0.3 is 0 Å². The zero-order valence-corrected chi connectivity index (χ0v) is 19.7. The Balaban J connectivity index is 1.74. The van der Waals surface area contributed by atoms with Crippen LogP contribution < -0.4 is 15.3 Å². The van der Waals surface area contributed by atoms with Crippen LogP contribution in [0.25, 0.3) is 11.8 Å². The van der Waals surface area contributed by atoms with Gasteiger partial charge in [0.1, 0.15) is 5.57 Å². The molecule has 172 valence electrons. The average Bonchev–Trinajstić information content (AvgIpc) is 3.09. The maximum Gasteiger partial charge on any atom is 0.270 e. The van der Waals surface area contributed by atoms with Gasteiger partial charge in [-0.25, -0.2) is 0 Å². The summed E-state index contributed by atoms with van der Waals surface area (Å²) in [6.07, 6.45) is 2.40. The first-order chi connectivity index (χ1) is 16.2. The molecule has 7 nitrogen and oxygen atoms in total. The Morgan fingerprint density at radius 1 is 1.06 bits per heavy atom. The van der Waals surface area contributed by atoms with Crippen LogP contribution in [-0.2, 0) is 16.0 Å². The predicted octanol–water partition coefficient (Wildman–Crippen LogP) is 2.85. The van der Waals surface area contributed by atoms with E-state index in [1.165, 1.54) is 23.1 Å². The van der Waals surface area contributed by atoms with Crippen LogP contribution in [-0.4, -0.2) is 27.5 Å². The lowest BCUT2D eigenvalue weighted by molar-refractivity contribution is -0.255. The first-order valence-corrected chi connectivity index (χ1v) is 11.1. The Labute approximate surface area is 202 Å². The molecule has 3 aromatic rings. The molecule has 4 rings (SSSR count). The number of aromatic carboxylic acids is 1. The van der Waals surface area contributed by atoms with Crippen molar-refractivity contribution in [2.24, 2.45) is 0 Å². The molecule has 1 aromatic heterocycles. The molecule has 8 heteroatoms. The number of hydrogen-bond donors (Lipinski definition) is 1. The van der Waals surface area contributed by atoms with Crippen LogP contribution in [0.1, 0.15) is 39.8 Å². The van der Waals surface area contributed by atoms with Crippen LogP contribution in [0.3, 0.4) is 0 Å². The fourth-order valence-electron chi connectivity index (χ4n) is 4.03. The molecule has 0 saturated carbocycles. The molecule has 34 heavy (non-hydrogen) atoms. The van der Waals surface area contributed by atoms with E-state index in [-0.39, 0.29) is 16.2 Å². The molecule has 2 amide bonds. The van der Waals surface area contributed by atoms with Gasteiger partial charge in [-0.15, -0.1) is 0 Å². The van der Waals surface area contributed by atoms with Crippen LogP contribution in [0.2, 0.25) is 0 Å². The van der Waals surface area contributed by atoms with Crippen molar-refractivity contribution in [3.8, 4) is 5.69 Å². The monoisotopic (exact) mass is 472 g/mol. The maximum absolute atomic E-state index is 13.3. The van der Waals surface area contributed by atoms with E-state index in [0.29, 0.717) is 16.9 Å². The molecule has 0 radical (unpaired) electrons. The number of carboxylic acid groups (broad SMARTS) is 1. The van der Waals surface area contributed by atoms with Gasteiger partial charge < -0.3 is 14.5 Å². The van der Waals surface area contributed by atoms with Crippen molar-refractivity contribution in [2.45, 2.75) is 27.2 Å². The Morgan fingerprint density at radius 2 is 1.76 bits per heavy atom. The molecule has 0 aliphatic carbocycles. The minimum Gasteiger partial charge on any atom is -0.545 e. The van der Waals surface area contributed by atoms with E-state index in [4.69, 9.17) is 12.2 Å². The van der Waals surface area contributed by atoms with Crippen LogP contribution in [0.15, 0.2) is 60.2 Å². The van der Waals surface area contributed by atoms with Crippen molar-refractivity contribution in [2.75, 3.05) is 4.90 Å². The first-order valence-electron chi connectivity index (χ1n) is 10.7. The molecule has 2 heterocycles. The third-order valence-corrected chi connectivity index (χ3v) is 6.10. The van der Waals surface area contributed by atoms with Gasteiger partial charge in [0.25, 0.3) is 11.8 Å². The summed E-state index contributed by atoms with van der Waals surface area (Å²) in [6.45, 7) is 5.74. The number of amides is 2. The second-order valence-corrected chi connectivity index (χ2v) is 8.36. The third-order valence-electron chi connectivity index (χ3n) is 5.81. The van der Waals surface area contributed by atoms with Crippen molar-refractivity contribution in [1.82, 2.24) is 9.88 Å². The molecular formula is C26H22N3O4S-. The molecular weight excluding hydrogens is 450 g/mol. The molecule has 2 aromatic carbocycles. The van der Waals surface area contributed by atoms with Gasteiger partial charge in [-0.2, -0.15) is 0 Å². The zero-order valence-electron chi connectivity index (χ0n) is 18.9. The van der Waals surface area contributed by atoms with Crippen molar-refractivity contribution in [3.63, 3.8) is 0 Å². The van der Waals surface area contributed by atoms with E-state index >= 15 is 0 Å². The summed E-state index contributed by atoms with van der Waals surface area (Å²) in [5.74, 6) is -2.35. The van der Waals surface area contributed by atoms with Crippen molar-refractivity contribution >= 4 is 46.9 Å². The predicted molar refractivity (Wildman–Crippen MR) is 132 cm³/mol. The second kappa shape index (κ2) is 9.07. The van der Waals surface area contributed by atoms with Gasteiger partial charge in [-0.3, -0.25) is 19.8 Å². The number of carboxylic acids is 1. The summed E-state index contributed by atoms with van der Waals surface area (Å²) >= 11 is 5.28. The van der Waals surface area contributed by atoms with Gasteiger partial charge in [-0.05, 0) is 85.6 Å². The molecule has 1 fully saturated rings. The van der Waals surface area contributed by atoms with Crippen molar-refractivity contribution in [1.29, 1.82) is 0 Å². The lowest BCUT2D eigenvalue weighted by Crippen LogP contribution is -2.54. The summed E-state index contributed by atoms with van der Waals surface area (Å²) in [5, 5.41) is 13.9. The summed E-state index contributed by atoms with van der Waals surface area (Å²) < 4.78 is 1.86. The van der Waals surface area contributed by atoms with Crippen molar-refractivity contribution in [3.05, 3.63) is 88.2 Å². The molecule has 1 aliphatic heterocycles. The van der Waals surface area contributed by atoms with E-state index < -0.39 is 17.8 Å². The molecule has 0 unspecified atom stereocenters. The molecule has 1 saturated heterocycles. The van der Waals surface area contributed by atoms with Gasteiger partial charge in [0, 0.05) is 17.1 Å². The number of carbonyl (C=O) groups is 3. The highest BCUT2D eigenvalue weighted by Crippen LogP contribution is 2.26. The van der Waals surface area contributed by atoms with E-state index in [9.17, 15) is 19.5 Å². The van der Waals surface area contributed by atoms with E-state index in [2.05, 4.69) is 5.32 Å². The summed E-state index contributed by atoms with van der Waals surface area (Å²) in [5.41, 5.74) is 4.56. The highest BCUT2D eigenvalue weighted by molar-refractivity contribution is 7.80. The zero-order chi connectivity index (χ0) is 24.6. The van der Waals surface area contributed by atoms with Crippen LogP contribution in [0.5, 0.6) is 0 Å². The molecule has 1 N–H and O–H groups in total. The quantitative estimate of drug-likeness (QED) is 0.350. The van der Waals surface area contributed by atoms with E-state index in [0.717, 1.165) is 23.4 Å². The number of nitrogens with zero attached hydrogens (tertiary/aromatic N) is 2. The van der Waals surface area contributed by atoms with Crippen LogP contribution in [0, 0.1) is 13.8 Å². The number of hydrogen-bond acceptors (Lipinski definition) is 5. The molecule has 0 spiro atoms. The largest absolute Gasteiger partial charge is 0.545 e. The minimum atomic E-state index is -1.26. The average molecular weight is 473 g/mol. The Bertz CT molecular complexity index is 1370. The summed E-state index contributed by atoms with van der Waals surface area (Å²) in [7, 11) is 0. The number of rotatable bonds is 5. The SMILES string of the molecule is CCc1ccc(N2C(=O)/C(=C/c3cc(C)n(-c4cccc(C(=O)[O-])c4)c3C)C(=O)NC2=S)cc1. The number of thiocarbonyl (C=S) groups is 1. The van der Waals surface area contributed by atoms with Gasteiger partial charge in [0.2, 0.25) is 0 Å². The van der Waals surface area contributed by atoms with Gasteiger partial charge in [0.05, 0.1) is 11.7 Å². The Kier molecular flexibility index (Phi) is 6.17.